The molecule has 1 N–H and O–H groups in total. The fourth-order valence-electron chi connectivity index (χ4n) is 1.67. The average molecular weight is 309 g/mol. The van der Waals surface area contributed by atoms with Crippen LogP contribution in [0, 0.1) is 22.9 Å². The van der Waals surface area contributed by atoms with Crippen molar-refractivity contribution in [2.45, 2.75) is 6.92 Å². The van der Waals surface area contributed by atoms with Gasteiger partial charge in [-0.25, -0.2) is 0 Å². The van der Waals surface area contributed by atoms with Gasteiger partial charge in [0.1, 0.15) is 0 Å². The van der Waals surface area contributed by atoms with Crippen molar-refractivity contribution in [3.63, 3.8) is 0 Å². The summed E-state index contributed by atoms with van der Waals surface area (Å²) in [5, 5.41) is 13.7. The van der Waals surface area contributed by atoms with Crippen molar-refractivity contribution < 1.29 is 14.1 Å². The molecule has 0 spiro atoms. The van der Waals surface area contributed by atoms with Crippen molar-refractivity contribution in [3.05, 3.63) is 68.5 Å². The van der Waals surface area contributed by atoms with Crippen molar-refractivity contribution >= 4 is 28.9 Å². The maximum Gasteiger partial charge on any atom is 0.305 e. The number of hydrogen-bond donors (Lipinski definition) is 1. The Kier molecular flexibility index (Phi) is 4.18. The highest BCUT2D eigenvalue weighted by Crippen LogP contribution is 2.22. The van der Waals surface area contributed by atoms with Crippen LogP contribution >= 0.6 is 11.6 Å². The lowest BCUT2D eigenvalue weighted by molar-refractivity contribution is -0.387. The van der Waals surface area contributed by atoms with E-state index in [9.17, 15) is 19.3 Å². The quantitative estimate of drug-likeness (QED) is 0.689. The molecule has 0 fully saturated rings. The monoisotopic (exact) mass is 308 g/mol. The van der Waals surface area contributed by atoms with Gasteiger partial charge >= 0.3 is 5.69 Å². The van der Waals surface area contributed by atoms with Gasteiger partial charge < -0.3 is 5.32 Å². The summed E-state index contributed by atoms with van der Waals surface area (Å²) in [6, 6.07) is 7.89. The maximum absolute atomic E-state index is 13.2. The minimum atomic E-state index is -0.991. The first-order valence-electron chi connectivity index (χ1n) is 5.90. The summed E-state index contributed by atoms with van der Waals surface area (Å²) in [6.07, 6.45) is 0. The molecule has 2 aromatic carbocycles. The normalized spacial score (nSPS) is 10.2. The van der Waals surface area contributed by atoms with E-state index in [2.05, 4.69) is 5.32 Å². The highest BCUT2D eigenvalue weighted by Gasteiger charge is 2.17. The van der Waals surface area contributed by atoms with Crippen LogP contribution in [-0.2, 0) is 0 Å². The Morgan fingerprint density at radius 1 is 1.29 bits per heavy atom. The molecule has 1 amide bonds. The Labute approximate surface area is 124 Å². The minimum Gasteiger partial charge on any atom is -0.322 e. The summed E-state index contributed by atoms with van der Waals surface area (Å²) in [7, 11) is 0. The highest BCUT2D eigenvalue weighted by atomic mass is 35.5. The van der Waals surface area contributed by atoms with Gasteiger partial charge in [0.2, 0.25) is 5.82 Å². The molecule has 0 saturated heterocycles. The zero-order chi connectivity index (χ0) is 15.6. The number of halogens is 2. The molecule has 2 aromatic rings. The standard InChI is InChI=1S/C14H10ClFN2O3/c1-8-2-4-10(7-11(8)15)17-14(19)9-3-5-12(16)13(6-9)18(20)21/h2-7H,1H3,(H,17,19). The molecular weight excluding hydrogens is 299 g/mol. The average Bonchev–Trinajstić information content (AvgIpc) is 2.43. The lowest BCUT2D eigenvalue weighted by atomic mass is 10.1. The van der Waals surface area contributed by atoms with Crippen molar-refractivity contribution in [2.75, 3.05) is 5.32 Å². The van der Waals surface area contributed by atoms with Gasteiger partial charge in [0.15, 0.2) is 0 Å². The Bertz CT molecular complexity index is 734. The van der Waals surface area contributed by atoms with Crippen LogP contribution in [0.15, 0.2) is 36.4 Å². The number of hydrogen-bond acceptors (Lipinski definition) is 3. The van der Waals surface area contributed by atoms with Crippen LogP contribution in [0.5, 0.6) is 0 Å². The van der Waals surface area contributed by atoms with Crippen LogP contribution in [0.25, 0.3) is 0 Å². The number of nitro groups is 1. The lowest BCUT2D eigenvalue weighted by Gasteiger charge is -2.07. The number of nitrogens with zero attached hydrogens (tertiary/aromatic N) is 1. The first kappa shape index (κ1) is 14.9. The predicted molar refractivity (Wildman–Crippen MR) is 77.2 cm³/mol. The van der Waals surface area contributed by atoms with Gasteiger partial charge in [-0.15, -0.1) is 0 Å². The number of nitrogens with one attached hydrogen (secondary N) is 1. The van der Waals surface area contributed by atoms with Gasteiger partial charge in [-0.1, -0.05) is 17.7 Å². The number of rotatable bonds is 3. The van der Waals surface area contributed by atoms with Crippen LogP contribution < -0.4 is 5.32 Å². The first-order chi connectivity index (χ1) is 9.88. The molecule has 0 aliphatic carbocycles. The Balaban J connectivity index is 2.26. The molecule has 0 aliphatic rings. The van der Waals surface area contributed by atoms with E-state index in [4.69, 9.17) is 11.6 Å². The number of aryl methyl sites for hydroxylation is 1. The maximum atomic E-state index is 13.2. The molecule has 5 nitrogen and oxygen atoms in total. The highest BCUT2D eigenvalue weighted by molar-refractivity contribution is 6.31. The summed E-state index contributed by atoms with van der Waals surface area (Å²) < 4.78 is 13.2. The van der Waals surface area contributed by atoms with E-state index in [0.717, 1.165) is 17.7 Å². The molecule has 0 bridgehead atoms. The minimum absolute atomic E-state index is 0.0141. The summed E-state index contributed by atoms with van der Waals surface area (Å²) in [6.45, 7) is 1.82. The molecule has 2 rings (SSSR count). The molecular formula is C14H10ClFN2O3. The van der Waals surface area contributed by atoms with Gasteiger partial charge in [0.25, 0.3) is 5.91 Å². The third-order valence-corrected chi connectivity index (χ3v) is 3.24. The zero-order valence-corrected chi connectivity index (χ0v) is 11.6. The summed E-state index contributed by atoms with van der Waals surface area (Å²) in [4.78, 5) is 21.8. The van der Waals surface area contributed by atoms with E-state index in [0.29, 0.717) is 10.7 Å². The largest absolute Gasteiger partial charge is 0.322 e. The van der Waals surface area contributed by atoms with Crippen molar-refractivity contribution in [1.82, 2.24) is 0 Å². The number of benzene rings is 2. The van der Waals surface area contributed by atoms with E-state index >= 15 is 0 Å². The summed E-state index contributed by atoms with van der Waals surface area (Å²) in [5.41, 5.74) is 0.541. The molecule has 108 valence electrons. The smallest absolute Gasteiger partial charge is 0.305 e. The van der Waals surface area contributed by atoms with Gasteiger partial charge in [-0.2, -0.15) is 4.39 Å². The SMILES string of the molecule is Cc1ccc(NC(=O)c2ccc(F)c([N+](=O)[O-])c2)cc1Cl. The molecule has 0 aromatic heterocycles. The van der Waals surface area contributed by atoms with Crippen LogP contribution in [0.4, 0.5) is 15.8 Å². The number of amides is 1. The third-order valence-electron chi connectivity index (χ3n) is 2.83. The van der Waals surface area contributed by atoms with Crippen molar-refractivity contribution in [1.29, 1.82) is 0 Å². The summed E-state index contributed by atoms with van der Waals surface area (Å²) >= 11 is 5.94. The van der Waals surface area contributed by atoms with E-state index in [-0.39, 0.29) is 5.56 Å². The number of nitro benzene ring substituents is 1. The predicted octanol–water partition coefficient (Wildman–Crippen LogP) is 3.95. The van der Waals surface area contributed by atoms with Crippen LogP contribution in [0.1, 0.15) is 15.9 Å². The topological polar surface area (TPSA) is 72.2 Å². The molecule has 0 aliphatic heterocycles. The molecule has 21 heavy (non-hydrogen) atoms. The number of carbonyl (C=O) groups is 1. The number of anilines is 1. The molecule has 0 saturated carbocycles. The second-order valence-electron chi connectivity index (χ2n) is 4.34. The van der Waals surface area contributed by atoms with Crippen LogP contribution in [0.3, 0.4) is 0 Å². The van der Waals surface area contributed by atoms with Gasteiger partial charge in [-0.3, -0.25) is 14.9 Å². The van der Waals surface area contributed by atoms with E-state index in [1.54, 1.807) is 18.2 Å². The van der Waals surface area contributed by atoms with E-state index in [1.807, 2.05) is 6.92 Å². The van der Waals surface area contributed by atoms with Gasteiger partial charge in [0, 0.05) is 22.3 Å². The van der Waals surface area contributed by atoms with Crippen molar-refractivity contribution in [2.24, 2.45) is 0 Å². The van der Waals surface area contributed by atoms with Crippen LogP contribution in [0.2, 0.25) is 5.02 Å². The fourth-order valence-corrected chi connectivity index (χ4v) is 1.85. The second-order valence-corrected chi connectivity index (χ2v) is 4.75. The molecule has 0 atom stereocenters. The molecule has 0 heterocycles. The molecule has 0 unspecified atom stereocenters. The Hall–Kier alpha value is -2.47. The molecule has 0 radical (unpaired) electrons. The molecule has 7 heteroatoms. The first-order valence-corrected chi connectivity index (χ1v) is 6.27. The third kappa shape index (κ3) is 3.35. The Morgan fingerprint density at radius 2 is 2.00 bits per heavy atom. The summed E-state index contributed by atoms with van der Waals surface area (Å²) in [5.74, 6) is -1.58. The Morgan fingerprint density at radius 3 is 2.62 bits per heavy atom. The lowest BCUT2D eigenvalue weighted by Crippen LogP contribution is -2.12. The fraction of sp³-hybridized carbons (Fsp3) is 0.0714. The number of carbonyl (C=O) groups excluding carboxylic acids is 1. The van der Waals surface area contributed by atoms with Gasteiger partial charge in [-0.05, 0) is 36.8 Å². The van der Waals surface area contributed by atoms with Crippen LogP contribution in [-0.4, -0.2) is 10.8 Å². The zero-order valence-electron chi connectivity index (χ0n) is 10.9. The second kappa shape index (κ2) is 5.88. The van der Waals surface area contributed by atoms with Gasteiger partial charge in [0.05, 0.1) is 4.92 Å². The van der Waals surface area contributed by atoms with Crippen molar-refractivity contribution in [3.8, 4) is 0 Å². The van der Waals surface area contributed by atoms with E-state index < -0.39 is 22.3 Å². The van der Waals surface area contributed by atoms with E-state index in [1.165, 1.54) is 6.07 Å².